The molecule has 0 saturated carbocycles. The molecule has 0 heterocycles. The standard InChI is InChI=1S/C12H17NO2S/c1-7(12(14)15)9(3)16-11-6-4-5-10(13)8(11)2/h4-7,9H,13H2,1-3H3,(H,14,15). The molecule has 0 radical (unpaired) electrons. The van der Waals surface area contributed by atoms with Crippen LogP contribution < -0.4 is 5.73 Å². The average molecular weight is 239 g/mol. The lowest BCUT2D eigenvalue weighted by atomic mass is 10.1. The van der Waals surface area contributed by atoms with Crippen molar-refractivity contribution in [1.82, 2.24) is 0 Å². The topological polar surface area (TPSA) is 63.3 Å². The maximum Gasteiger partial charge on any atom is 0.307 e. The maximum atomic E-state index is 10.8. The number of benzene rings is 1. The minimum atomic E-state index is -0.762. The highest BCUT2D eigenvalue weighted by Gasteiger charge is 2.20. The van der Waals surface area contributed by atoms with E-state index in [0.29, 0.717) is 0 Å². The number of nitrogens with two attached hydrogens (primary N) is 1. The van der Waals surface area contributed by atoms with Crippen molar-refractivity contribution in [1.29, 1.82) is 0 Å². The summed E-state index contributed by atoms with van der Waals surface area (Å²) in [5.74, 6) is -1.13. The summed E-state index contributed by atoms with van der Waals surface area (Å²) in [5.41, 5.74) is 7.58. The van der Waals surface area contributed by atoms with Crippen LogP contribution in [0.15, 0.2) is 23.1 Å². The molecule has 2 unspecified atom stereocenters. The van der Waals surface area contributed by atoms with E-state index >= 15 is 0 Å². The molecule has 0 spiro atoms. The van der Waals surface area contributed by atoms with Crippen LogP contribution in [0.25, 0.3) is 0 Å². The molecule has 0 bridgehead atoms. The summed E-state index contributed by atoms with van der Waals surface area (Å²) in [7, 11) is 0. The Morgan fingerprint density at radius 3 is 2.62 bits per heavy atom. The molecule has 3 nitrogen and oxygen atoms in total. The normalized spacial score (nSPS) is 14.4. The number of aliphatic carboxylic acids is 1. The van der Waals surface area contributed by atoms with E-state index in [1.54, 1.807) is 18.7 Å². The molecule has 0 aromatic heterocycles. The lowest BCUT2D eigenvalue weighted by Crippen LogP contribution is -2.20. The van der Waals surface area contributed by atoms with Gasteiger partial charge in [-0.05, 0) is 24.6 Å². The van der Waals surface area contributed by atoms with Gasteiger partial charge in [0, 0.05) is 15.8 Å². The van der Waals surface area contributed by atoms with Gasteiger partial charge in [-0.3, -0.25) is 4.79 Å². The van der Waals surface area contributed by atoms with Crippen molar-refractivity contribution < 1.29 is 9.90 Å². The van der Waals surface area contributed by atoms with Crippen LogP contribution in [0.5, 0.6) is 0 Å². The predicted molar refractivity (Wildman–Crippen MR) is 67.7 cm³/mol. The third-order valence-electron chi connectivity index (χ3n) is 2.73. The molecule has 0 aliphatic carbocycles. The van der Waals surface area contributed by atoms with Crippen LogP contribution in [-0.2, 0) is 4.79 Å². The van der Waals surface area contributed by atoms with Crippen LogP contribution in [0.2, 0.25) is 0 Å². The first-order valence-corrected chi connectivity index (χ1v) is 6.06. The summed E-state index contributed by atoms with van der Waals surface area (Å²) in [6.45, 7) is 5.60. The van der Waals surface area contributed by atoms with E-state index < -0.39 is 5.97 Å². The van der Waals surface area contributed by atoms with Crippen molar-refractivity contribution >= 4 is 23.4 Å². The molecule has 0 fully saturated rings. The lowest BCUT2D eigenvalue weighted by Gasteiger charge is -2.17. The molecule has 88 valence electrons. The fourth-order valence-electron chi connectivity index (χ4n) is 1.26. The molecule has 1 aromatic carbocycles. The average Bonchev–Trinajstić information content (AvgIpc) is 2.23. The summed E-state index contributed by atoms with van der Waals surface area (Å²) in [6, 6.07) is 5.72. The van der Waals surface area contributed by atoms with Gasteiger partial charge < -0.3 is 10.8 Å². The second-order valence-corrected chi connectivity index (χ2v) is 5.34. The Hall–Kier alpha value is -1.16. The van der Waals surface area contributed by atoms with Crippen molar-refractivity contribution in [2.24, 2.45) is 5.92 Å². The molecule has 1 rings (SSSR count). The summed E-state index contributed by atoms with van der Waals surface area (Å²) in [4.78, 5) is 11.9. The van der Waals surface area contributed by atoms with Crippen molar-refractivity contribution in [3.8, 4) is 0 Å². The summed E-state index contributed by atoms with van der Waals surface area (Å²) in [6.07, 6.45) is 0. The van der Waals surface area contributed by atoms with E-state index in [2.05, 4.69) is 0 Å². The van der Waals surface area contributed by atoms with E-state index in [9.17, 15) is 4.79 Å². The highest BCUT2D eigenvalue weighted by atomic mass is 32.2. The number of thioether (sulfide) groups is 1. The van der Waals surface area contributed by atoms with Crippen LogP contribution in [-0.4, -0.2) is 16.3 Å². The molecule has 0 saturated heterocycles. The Morgan fingerprint density at radius 2 is 2.06 bits per heavy atom. The number of carboxylic acids is 1. The van der Waals surface area contributed by atoms with Gasteiger partial charge in [0.15, 0.2) is 0 Å². The van der Waals surface area contributed by atoms with Gasteiger partial charge in [0.05, 0.1) is 5.92 Å². The molecule has 2 atom stereocenters. The molecule has 3 N–H and O–H groups in total. The van der Waals surface area contributed by atoms with Gasteiger partial charge in [0.1, 0.15) is 0 Å². The second-order valence-electron chi connectivity index (χ2n) is 3.92. The van der Waals surface area contributed by atoms with E-state index in [0.717, 1.165) is 16.1 Å². The smallest absolute Gasteiger partial charge is 0.307 e. The van der Waals surface area contributed by atoms with Crippen LogP contribution in [0, 0.1) is 12.8 Å². The van der Waals surface area contributed by atoms with Crippen LogP contribution in [0.1, 0.15) is 19.4 Å². The van der Waals surface area contributed by atoms with Gasteiger partial charge in [-0.15, -0.1) is 11.8 Å². The monoisotopic (exact) mass is 239 g/mol. The zero-order chi connectivity index (χ0) is 12.3. The first kappa shape index (κ1) is 12.9. The minimum absolute atomic E-state index is 0.0259. The first-order chi connectivity index (χ1) is 7.43. The SMILES string of the molecule is Cc1c(N)cccc1SC(C)C(C)C(=O)O. The number of carbonyl (C=O) groups is 1. The minimum Gasteiger partial charge on any atom is -0.481 e. The van der Waals surface area contributed by atoms with E-state index in [1.807, 2.05) is 32.0 Å². The number of hydrogen-bond donors (Lipinski definition) is 2. The molecular formula is C12H17NO2S. The molecule has 0 aliphatic rings. The van der Waals surface area contributed by atoms with Crippen molar-refractivity contribution in [3.05, 3.63) is 23.8 Å². The number of rotatable bonds is 4. The van der Waals surface area contributed by atoms with Crippen molar-refractivity contribution in [2.75, 3.05) is 5.73 Å². The summed E-state index contributed by atoms with van der Waals surface area (Å²) < 4.78 is 0. The van der Waals surface area contributed by atoms with Gasteiger partial charge in [0.25, 0.3) is 0 Å². The Labute approximate surface area is 100 Å². The predicted octanol–water partition coefficient (Wildman–Crippen LogP) is 2.78. The van der Waals surface area contributed by atoms with Gasteiger partial charge >= 0.3 is 5.97 Å². The van der Waals surface area contributed by atoms with Crippen LogP contribution in [0.4, 0.5) is 5.69 Å². The summed E-state index contributed by atoms with van der Waals surface area (Å²) in [5, 5.41) is 8.94. The molecular weight excluding hydrogens is 222 g/mol. The van der Waals surface area contributed by atoms with Crippen LogP contribution in [0.3, 0.4) is 0 Å². The first-order valence-electron chi connectivity index (χ1n) is 5.18. The number of nitrogen functional groups attached to an aromatic ring is 1. The number of hydrogen-bond acceptors (Lipinski definition) is 3. The van der Waals surface area contributed by atoms with E-state index in [1.165, 1.54) is 0 Å². The summed E-state index contributed by atoms with van der Waals surface area (Å²) >= 11 is 1.56. The molecule has 0 amide bonds. The van der Waals surface area contributed by atoms with Crippen molar-refractivity contribution in [3.63, 3.8) is 0 Å². The molecule has 4 heteroatoms. The highest BCUT2D eigenvalue weighted by Crippen LogP contribution is 2.32. The fourth-order valence-corrected chi connectivity index (χ4v) is 2.44. The van der Waals surface area contributed by atoms with Crippen molar-refractivity contribution in [2.45, 2.75) is 30.9 Å². The third-order valence-corrected chi connectivity index (χ3v) is 4.21. The Kier molecular flexibility index (Phi) is 4.24. The second kappa shape index (κ2) is 5.25. The fraction of sp³-hybridized carbons (Fsp3) is 0.417. The molecule has 1 aromatic rings. The molecule has 16 heavy (non-hydrogen) atoms. The van der Waals surface area contributed by atoms with E-state index in [-0.39, 0.29) is 11.2 Å². The van der Waals surface area contributed by atoms with Gasteiger partial charge in [-0.1, -0.05) is 19.9 Å². The Bertz CT molecular complexity index is 393. The Balaban J connectivity index is 2.81. The quantitative estimate of drug-likeness (QED) is 0.626. The maximum absolute atomic E-state index is 10.8. The lowest BCUT2D eigenvalue weighted by molar-refractivity contribution is -0.140. The van der Waals surface area contributed by atoms with Gasteiger partial charge in [-0.2, -0.15) is 0 Å². The van der Waals surface area contributed by atoms with Gasteiger partial charge in [-0.25, -0.2) is 0 Å². The largest absolute Gasteiger partial charge is 0.481 e. The molecule has 0 aliphatic heterocycles. The third kappa shape index (κ3) is 2.92. The highest BCUT2D eigenvalue weighted by molar-refractivity contribution is 8.00. The zero-order valence-electron chi connectivity index (χ0n) is 9.73. The van der Waals surface area contributed by atoms with Gasteiger partial charge in [0.2, 0.25) is 0 Å². The van der Waals surface area contributed by atoms with E-state index in [4.69, 9.17) is 10.8 Å². The number of anilines is 1. The Morgan fingerprint density at radius 1 is 1.44 bits per heavy atom. The van der Waals surface area contributed by atoms with Crippen LogP contribution >= 0.6 is 11.8 Å². The number of carboxylic acid groups (broad SMARTS) is 1. The zero-order valence-corrected chi connectivity index (χ0v) is 10.5.